The molecule has 1 fully saturated rings. The molecule has 0 radical (unpaired) electrons. The highest BCUT2D eigenvalue weighted by molar-refractivity contribution is 5.25. The number of nitrogens with zero attached hydrogens (tertiary/aromatic N) is 4. The van der Waals surface area contributed by atoms with Crippen molar-refractivity contribution >= 4 is 5.95 Å². The molecule has 0 aliphatic heterocycles. The molecule has 2 rings (SSSR count). The van der Waals surface area contributed by atoms with Crippen molar-refractivity contribution in [3.05, 3.63) is 0 Å². The van der Waals surface area contributed by atoms with E-state index >= 15 is 0 Å². The van der Waals surface area contributed by atoms with Crippen molar-refractivity contribution in [2.45, 2.75) is 18.9 Å². The molecule has 0 saturated heterocycles. The smallest absolute Gasteiger partial charge is 0.324 e. The van der Waals surface area contributed by atoms with Gasteiger partial charge in [-0.1, -0.05) is 0 Å². The molecule has 8 heteroatoms. The fraction of sp³-hybridized carbons (Fsp3) is 0.700. The van der Waals surface area contributed by atoms with Crippen LogP contribution in [0.3, 0.4) is 0 Å². The Morgan fingerprint density at radius 3 is 2.67 bits per heavy atom. The highest BCUT2D eigenvalue weighted by Crippen LogP contribution is 2.24. The van der Waals surface area contributed by atoms with Gasteiger partial charge in [-0.2, -0.15) is 9.97 Å². The maximum absolute atomic E-state index is 5.46. The number of anilines is 1. The SMILES string of the molecule is COc1nc(NN)nc(OCCN(C)C2CC2)n1. The Kier molecular flexibility index (Phi) is 4.11. The highest BCUT2D eigenvalue weighted by Gasteiger charge is 2.25. The Bertz CT molecular complexity index is 376. The number of hydrogen-bond acceptors (Lipinski definition) is 8. The fourth-order valence-electron chi connectivity index (χ4n) is 1.54. The molecule has 100 valence electrons. The van der Waals surface area contributed by atoms with Crippen molar-refractivity contribution in [1.82, 2.24) is 19.9 Å². The normalized spacial score (nSPS) is 14.7. The van der Waals surface area contributed by atoms with Crippen LogP contribution >= 0.6 is 0 Å². The minimum absolute atomic E-state index is 0.170. The van der Waals surface area contributed by atoms with E-state index in [9.17, 15) is 0 Å². The van der Waals surface area contributed by atoms with Gasteiger partial charge in [0.05, 0.1) is 7.11 Å². The average Bonchev–Trinajstić information content (AvgIpc) is 3.22. The lowest BCUT2D eigenvalue weighted by molar-refractivity contribution is 0.217. The highest BCUT2D eigenvalue weighted by atomic mass is 16.5. The molecule has 1 aromatic heterocycles. The van der Waals surface area contributed by atoms with Crippen LogP contribution in [-0.2, 0) is 0 Å². The summed E-state index contributed by atoms with van der Waals surface area (Å²) in [5, 5.41) is 0. The molecule has 0 amide bonds. The molecule has 1 heterocycles. The number of ether oxygens (including phenoxy) is 2. The van der Waals surface area contributed by atoms with Crippen molar-refractivity contribution in [3.8, 4) is 12.0 Å². The van der Waals surface area contributed by atoms with Crippen molar-refractivity contribution < 1.29 is 9.47 Å². The van der Waals surface area contributed by atoms with E-state index in [1.807, 2.05) is 0 Å². The lowest BCUT2D eigenvalue weighted by Crippen LogP contribution is -2.26. The number of nitrogen functional groups attached to an aromatic ring is 1. The van der Waals surface area contributed by atoms with Crippen LogP contribution in [0, 0.1) is 0 Å². The number of likely N-dealkylation sites (N-methyl/N-ethyl adjacent to an activating group) is 1. The number of hydrazine groups is 1. The first kappa shape index (κ1) is 12.8. The van der Waals surface area contributed by atoms with Crippen LogP contribution in [0.5, 0.6) is 12.0 Å². The molecular weight excluding hydrogens is 236 g/mol. The van der Waals surface area contributed by atoms with E-state index in [0.717, 1.165) is 6.54 Å². The first-order valence-electron chi connectivity index (χ1n) is 5.82. The van der Waals surface area contributed by atoms with E-state index in [4.69, 9.17) is 15.3 Å². The minimum Gasteiger partial charge on any atom is -0.467 e. The molecule has 0 atom stereocenters. The number of aromatic nitrogens is 3. The Balaban J connectivity index is 1.87. The Morgan fingerprint density at radius 1 is 1.33 bits per heavy atom. The third-order valence-electron chi connectivity index (χ3n) is 2.75. The summed E-state index contributed by atoms with van der Waals surface area (Å²) in [4.78, 5) is 14.1. The molecule has 0 unspecified atom stereocenters. The monoisotopic (exact) mass is 254 g/mol. The van der Waals surface area contributed by atoms with Gasteiger partial charge in [-0.3, -0.25) is 5.43 Å². The summed E-state index contributed by atoms with van der Waals surface area (Å²) >= 11 is 0. The standard InChI is InChI=1S/C10H18N6O2/c1-16(7-3-4-7)5-6-18-10-13-8(15-11)12-9(14-10)17-2/h7H,3-6,11H2,1-2H3,(H,12,13,14,15). The second-order valence-corrected chi connectivity index (χ2v) is 4.13. The Labute approximate surface area is 105 Å². The topological polar surface area (TPSA) is 98.4 Å². The molecule has 3 N–H and O–H groups in total. The number of nitrogens with two attached hydrogens (primary N) is 1. The fourth-order valence-corrected chi connectivity index (χ4v) is 1.54. The first-order chi connectivity index (χ1) is 8.72. The van der Waals surface area contributed by atoms with Crippen molar-refractivity contribution in [2.24, 2.45) is 5.84 Å². The first-order valence-corrected chi connectivity index (χ1v) is 5.82. The summed E-state index contributed by atoms with van der Waals surface area (Å²) in [5.74, 6) is 5.46. The van der Waals surface area contributed by atoms with Crippen LogP contribution in [0.4, 0.5) is 5.95 Å². The van der Waals surface area contributed by atoms with Crippen LogP contribution in [0.25, 0.3) is 0 Å². The summed E-state index contributed by atoms with van der Waals surface area (Å²) in [7, 11) is 3.56. The Morgan fingerprint density at radius 2 is 2.06 bits per heavy atom. The second kappa shape index (κ2) is 5.78. The van der Waals surface area contributed by atoms with Gasteiger partial charge in [-0.15, -0.1) is 4.98 Å². The summed E-state index contributed by atoms with van der Waals surface area (Å²) in [5.41, 5.74) is 2.34. The molecule has 1 aromatic rings. The number of rotatable bonds is 7. The maximum atomic E-state index is 5.46. The number of methoxy groups -OCH3 is 1. The van der Waals surface area contributed by atoms with Gasteiger partial charge in [0.15, 0.2) is 0 Å². The summed E-state index contributed by atoms with van der Waals surface area (Å²) in [6, 6.07) is 1.09. The van der Waals surface area contributed by atoms with Gasteiger partial charge < -0.3 is 14.4 Å². The van der Waals surface area contributed by atoms with Crippen LogP contribution in [0.15, 0.2) is 0 Å². The molecule has 8 nitrogen and oxygen atoms in total. The van der Waals surface area contributed by atoms with Gasteiger partial charge in [-0.05, 0) is 19.9 Å². The number of nitrogens with one attached hydrogen (secondary N) is 1. The van der Waals surface area contributed by atoms with Crippen molar-refractivity contribution in [3.63, 3.8) is 0 Å². The summed E-state index contributed by atoms with van der Waals surface area (Å²) < 4.78 is 10.4. The van der Waals surface area contributed by atoms with Crippen molar-refractivity contribution in [2.75, 3.05) is 32.7 Å². The van der Waals surface area contributed by atoms with E-state index in [1.165, 1.54) is 20.0 Å². The summed E-state index contributed by atoms with van der Waals surface area (Å²) in [6.45, 7) is 1.36. The van der Waals surface area contributed by atoms with Gasteiger partial charge >= 0.3 is 12.0 Å². The van der Waals surface area contributed by atoms with Crippen LogP contribution < -0.4 is 20.7 Å². The van der Waals surface area contributed by atoms with Gasteiger partial charge in [0.1, 0.15) is 6.61 Å². The van der Waals surface area contributed by atoms with E-state index in [0.29, 0.717) is 12.6 Å². The second-order valence-electron chi connectivity index (χ2n) is 4.13. The van der Waals surface area contributed by atoms with Gasteiger partial charge in [0.2, 0.25) is 5.95 Å². The van der Waals surface area contributed by atoms with Crippen LogP contribution in [0.2, 0.25) is 0 Å². The lowest BCUT2D eigenvalue weighted by Gasteiger charge is -2.15. The average molecular weight is 254 g/mol. The van der Waals surface area contributed by atoms with E-state index in [1.54, 1.807) is 0 Å². The molecule has 18 heavy (non-hydrogen) atoms. The maximum Gasteiger partial charge on any atom is 0.324 e. The largest absolute Gasteiger partial charge is 0.467 e. The molecule has 1 saturated carbocycles. The lowest BCUT2D eigenvalue weighted by atomic mass is 10.5. The van der Waals surface area contributed by atoms with Crippen LogP contribution in [-0.4, -0.2) is 53.2 Å². The predicted molar refractivity (Wildman–Crippen MR) is 65.3 cm³/mol. The minimum atomic E-state index is 0.170. The zero-order valence-electron chi connectivity index (χ0n) is 10.6. The molecule has 0 bridgehead atoms. The molecular formula is C10H18N6O2. The zero-order chi connectivity index (χ0) is 13.0. The quantitative estimate of drug-likeness (QED) is 0.503. The number of hydrogen-bond donors (Lipinski definition) is 2. The van der Waals surface area contributed by atoms with Crippen molar-refractivity contribution in [1.29, 1.82) is 0 Å². The predicted octanol–water partition coefficient (Wildman–Crippen LogP) is -0.361. The van der Waals surface area contributed by atoms with E-state index in [-0.39, 0.29) is 18.0 Å². The molecule has 1 aliphatic rings. The Hall–Kier alpha value is -1.67. The molecule has 0 spiro atoms. The third-order valence-corrected chi connectivity index (χ3v) is 2.75. The van der Waals surface area contributed by atoms with Gasteiger partial charge in [0.25, 0.3) is 0 Å². The molecule has 0 aromatic carbocycles. The van der Waals surface area contributed by atoms with E-state index in [2.05, 4.69) is 32.3 Å². The summed E-state index contributed by atoms with van der Waals surface area (Å²) in [6.07, 6.45) is 2.55. The van der Waals surface area contributed by atoms with Crippen LogP contribution in [0.1, 0.15) is 12.8 Å². The van der Waals surface area contributed by atoms with E-state index < -0.39 is 0 Å². The zero-order valence-corrected chi connectivity index (χ0v) is 10.6. The molecule has 1 aliphatic carbocycles. The third kappa shape index (κ3) is 3.41. The van der Waals surface area contributed by atoms with Gasteiger partial charge in [-0.25, -0.2) is 5.84 Å². The van der Waals surface area contributed by atoms with Gasteiger partial charge in [0, 0.05) is 12.6 Å².